The quantitative estimate of drug-likeness (QED) is 0.699. The third kappa shape index (κ3) is 4.39. The van der Waals surface area contributed by atoms with Gasteiger partial charge in [0.15, 0.2) is 6.04 Å². The molecule has 0 bridgehead atoms. The SMILES string of the molecule is CC[C@@H]1C[C@H](C(F)(F)F)n2nc([C@H]3CCCN3Cc3ccc(OC)c(CO)c3)cc2N1. The number of likely N-dealkylation sites (tertiary alicyclic amines) is 1. The second-order valence-corrected chi connectivity index (χ2v) is 8.37. The standard InChI is InChI=1S/C22H29F3N4O2/c1-3-16-10-20(22(23,24)25)29-21(26-16)11-17(27-29)18-5-4-8-28(18)12-14-6-7-19(31-2)15(9-14)13-30/h6-7,9,11,16,18,20,26,30H,3-5,8,10,12-13H2,1-2H3/t16-,18-,20-/m1/s1. The molecule has 0 radical (unpaired) electrons. The average molecular weight is 438 g/mol. The lowest BCUT2D eigenvalue weighted by Crippen LogP contribution is -2.38. The van der Waals surface area contributed by atoms with Gasteiger partial charge in [-0.05, 0) is 49.9 Å². The Balaban J connectivity index is 1.58. The number of aliphatic hydroxyl groups is 1. The Morgan fingerprint density at radius 1 is 1.29 bits per heavy atom. The van der Waals surface area contributed by atoms with Gasteiger partial charge in [-0.2, -0.15) is 18.3 Å². The summed E-state index contributed by atoms with van der Waals surface area (Å²) in [5, 5.41) is 17.2. The molecule has 1 fully saturated rings. The van der Waals surface area contributed by atoms with Crippen LogP contribution in [0.2, 0.25) is 0 Å². The molecule has 1 aromatic heterocycles. The predicted molar refractivity (Wildman–Crippen MR) is 111 cm³/mol. The van der Waals surface area contributed by atoms with E-state index in [4.69, 9.17) is 4.74 Å². The van der Waals surface area contributed by atoms with E-state index in [1.54, 1.807) is 13.2 Å². The number of nitrogens with zero attached hydrogens (tertiary/aromatic N) is 3. The number of anilines is 1. The number of hydrogen-bond acceptors (Lipinski definition) is 5. The first-order chi connectivity index (χ1) is 14.8. The van der Waals surface area contributed by atoms with E-state index in [0.717, 1.165) is 35.2 Å². The molecule has 2 aromatic rings. The third-order valence-corrected chi connectivity index (χ3v) is 6.39. The third-order valence-electron chi connectivity index (χ3n) is 6.39. The molecule has 0 amide bonds. The van der Waals surface area contributed by atoms with Crippen LogP contribution < -0.4 is 10.1 Å². The molecule has 1 saturated heterocycles. The van der Waals surface area contributed by atoms with E-state index in [1.807, 2.05) is 25.1 Å². The molecule has 6 nitrogen and oxygen atoms in total. The van der Waals surface area contributed by atoms with Gasteiger partial charge in [-0.25, -0.2) is 4.68 Å². The van der Waals surface area contributed by atoms with Crippen LogP contribution in [0, 0.1) is 0 Å². The van der Waals surface area contributed by atoms with Gasteiger partial charge in [0.05, 0.1) is 25.5 Å². The molecule has 4 rings (SSSR count). The van der Waals surface area contributed by atoms with E-state index in [1.165, 1.54) is 0 Å². The molecule has 3 atom stereocenters. The average Bonchev–Trinajstić information content (AvgIpc) is 3.38. The van der Waals surface area contributed by atoms with Crippen molar-refractivity contribution >= 4 is 5.82 Å². The lowest BCUT2D eigenvalue weighted by atomic mass is 10.0. The van der Waals surface area contributed by atoms with E-state index in [-0.39, 0.29) is 25.1 Å². The minimum Gasteiger partial charge on any atom is -0.496 e. The second kappa shape index (κ2) is 8.70. The molecule has 31 heavy (non-hydrogen) atoms. The number of hydrogen-bond donors (Lipinski definition) is 2. The molecule has 170 valence electrons. The monoisotopic (exact) mass is 438 g/mol. The smallest absolute Gasteiger partial charge is 0.410 e. The fraction of sp³-hybridized carbons (Fsp3) is 0.591. The van der Waals surface area contributed by atoms with Crippen molar-refractivity contribution in [3.8, 4) is 5.75 Å². The van der Waals surface area contributed by atoms with Crippen LogP contribution in [0.3, 0.4) is 0 Å². The summed E-state index contributed by atoms with van der Waals surface area (Å²) in [6.07, 6.45) is -1.88. The molecule has 1 aromatic carbocycles. The lowest BCUT2D eigenvalue weighted by molar-refractivity contribution is -0.173. The largest absolute Gasteiger partial charge is 0.496 e. The highest BCUT2D eigenvalue weighted by molar-refractivity contribution is 5.42. The van der Waals surface area contributed by atoms with E-state index >= 15 is 0 Å². The topological polar surface area (TPSA) is 62.6 Å². The Labute approximate surface area is 180 Å². The Hall–Kier alpha value is -2.26. The van der Waals surface area contributed by atoms with Gasteiger partial charge >= 0.3 is 6.18 Å². The van der Waals surface area contributed by atoms with Crippen LogP contribution in [0.25, 0.3) is 0 Å². The zero-order chi connectivity index (χ0) is 22.2. The summed E-state index contributed by atoms with van der Waals surface area (Å²) in [6, 6.07) is 5.66. The normalized spacial score (nSPS) is 24.1. The molecule has 0 unspecified atom stereocenters. The number of rotatable bonds is 6. The highest BCUT2D eigenvalue weighted by Crippen LogP contribution is 2.42. The van der Waals surface area contributed by atoms with Gasteiger partial charge in [0.25, 0.3) is 0 Å². The molecule has 2 aliphatic heterocycles. The number of aliphatic hydroxyl groups excluding tert-OH is 1. The van der Waals surface area contributed by atoms with Gasteiger partial charge in [-0.3, -0.25) is 4.90 Å². The van der Waals surface area contributed by atoms with Gasteiger partial charge in [-0.15, -0.1) is 0 Å². The minimum atomic E-state index is -4.33. The summed E-state index contributed by atoms with van der Waals surface area (Å²) in [6.45, 7) is 3.27. The summed E-state index contributed by atoms with van der Waals surface area (Å²) in [5.41, 5.74) is 2.43. The van der Waals surface area contributed by atoms with Gasteiger partial charge < -0.3 is 15.2 Å². The lowest BCUT2D eigenvalue weighted by Gasteiger charge is -2.32. The molecular formula is C22H29F3N4O2. The number of aromatic nitrogens is 2. The highest BCUT2D eigenvalue weighted by atomic mass is 19.4. The second-order valence-electron chi connectivity index (χ2n) is 8.37. The van der Waals surface area contributed by atoms with E-state index in [0.29, 0.717) is 30.2 Å². The van der Waals surface area contributed by atoms with Crippen LogP contribution in [0.1, 0.15) is 61.5 Å². The molecule has 0 spiro atoms. The van der Waals surface area contributed by atoms with Crippen molar-refractivity contribution in [2.75, 3.05) is 19.0 Å². The predicted octanol–water partition coefficient (Wildman–Crippen LogP) is 4.42. The van der Waals surface area contributed by atoms with Gasteiger partial charge in [0, 0.05) is 24.2 Å². The number of fused-ring (bicyclic) bond motifs is 1. The Kier molecular flexibility index (Phi) is 6.16. The fourth-order valence-corrected chi connectivity index (χ4v) is 4.74. The van der Waals surface area contributed by atoms with Gasteiger partial charge in [-0.1, -0.05) is 13.0 Å². The number of nitrogens with one attached hydrogen (secondary N) is 1. The zero-order valence-electron chi connectivity index (χ0n) is 17.8. The summed E-state index contributed by atoms with van der Waals surface area (Å²) >= 11 is 0. The van der Waals surface area contributed by atoms with Crippen LogP contribution in [-0.2, 0) is 13.2 Å². The van der Waals surface area contributed by atoms with Crippen LogP contribution in [0.5, 0.6) is 5.75 Å². The van der Waals surface area contributed by atoms with E-state index < -0.39 is 12.2 Å². The molecule has 0 saturated carbocycles. The number of ether oxygens (including phenoxy) is 1. The fourth-order valence-electron chi connectivity index (χ4n) is 4.74. The number of benzene rings is 1. The van der Waals surface area contributed by atoms with Crippen LogP contribution in [-0.4, -0.2) is 45.7 Å². The minimum absolute atomic E-state index is 0.00170. The van der Waals surface area contributed by atoms with Crippen molar-refractivity contribution in [1.82, 2.24) is 14.7 Å². The first kappa shape index (κ1) is 22.0. The van der Waals surface area contributed by atoms with Gasteiger partial charge in [0.2, 0.25) is 0 Å². The first-order valence-corrected chi connectivity index (χ1v) is 10.8. The summed E-state index contributed by atoms with van der Waals surface area (Å²) in [4.78, 5) is 2.25. The van der Waals surface area contributed by atoms with Crippen molar-refractivity contribution in [3.63, 3.8) is 0 Å². The maximum atomic E-state index is 13.7. The van der Waals surface area contributed by atoms with E-state index in [2.05, 4.69) is 15.3 Å². The van der Waals surface area contributed by atoms with Crippen molar-refractivity contribution in [1.29, 1.82) is 0 Å². The molecule has 3 heterocycles. The van der Waals surface area contributed by atoms with Crippen molar-refractivity contribution in [2.24, 2.45) is 0 Å². The number of alkyl halides is 3. The Morgan fingerprint density at radius 3 is 2.77 bits per heavy atom. The maximum Gasteiger partial charge on any atom is 0.410 e. The zero-order valence-corrected chi connectivity index (χ0v) is 17.8. The molecule has 2 N–H and O–H groups in total. The molecule has 2 aliphatic rings. The van der Waals surface area contributed by atoms with E-state index in [9.17, 15) is 18.3 Å². The molecule has 9 heteroatoms. The highest BCUT2D eigenvalue weighted by Gasteiger charge is 2.46. The van der Waals surface area contributed by atoms with Crippen LogP contribution in [0.15, 0.2) is 24.3 Å². The first-order valence-electron chi connectivity index (χ1n) is 10.8. The van der Waals surface area contributed by atoms with Crippen molar-refractivity contribution in [3.05, 3.63) is 41.1 Å². The van der Waals surface area contributed by atoms with Gasteiger partial charge in [0.1, 0.15) is 11.6 Å². The Bertz CT molecular complexity index is 915. The Morgan fingerprint density at radius 2 is 2.10 bits per heavy atom. The summed E-state index contributed by atoms with van der Waals surface area (Å²) in [5.74, 6) is 1.09. The molecule has 0 aliphatic carbocycles. The van der Waals surface area contributed by atoms with Crippen molar-refractivity contribution < 1.29 is 23.0 Å². The maximum absolute atomic E-state index is 13.7. The van der Waals surface area contributed by atoms with Crippen LogP contribution >= 0.6 is 0 Å². The summed E-state index contributed by atoms with van der Waals surface area (Å²) in [7, 11) is 1.57. The summed E-state index contributed by atoms with van der Waals surface area (Å²) < 4.78 is 47.5. The number of methoxy groups -OCH3 is 1. The number of halogens is 3. The van der Waals surface area contributed by atoms with Crippen molar-refractivity contribution in [2.45, 2.75) is 70.1 Å². The van der Waals surface area contributed by atoms with Crippen LogP contribution in [0.4, 0.5) is 19.0 Å². The molecular weight excluding hydrogens is 409 g/mol.